The summed E-state index contributed by atoms with van der Waals surface area (Å²) >= 11 is 0. The first kappa shape index (κ1) is 33.7. The van der Waals surface area contributed by atoms with Gasteiger partial charge in [-0.3, -0.25) is 9.89 Å². The van der Waals surface area contributed by atoms with Crippen LogP contribution in [0, 0.1) is 0 Å². The quantitative estimate of drug-likeness (QED) is 0.0477. The molecule has 0 heterocycles. The summed E-state index contributed by atoms with van der Waals surface area (Å²) in [5.41, 5.74) is 0.219. The van der Waals surface area contributed by atoms with Gasteiger partial charge in [0.25, 0.3) is 7.94 Å². The summed E-state index contributed by atoms with van der Waals surface area (Å²) in [6, 6.07) is 0. The van der Waals surface area contributed by atoms with Crippen molar-refractivity contribution < 1.29 is 108 Å². The number of unbranched alkanes of at least 4 members (excludes halogenated alkanes) is 2. The summed E-state index contributed by atoms with van der Waals surface area (Å²) in [5.74, 6) is -0.600. The van der Waals surface area contributed by atoms with Gasteiger partial charge in [0.15, 0.2) is 0 Å². The Balaban J connectivity index is -0.00000312. The summed E-state index contributed by atoms with van der Waals surface area (Å²) < 4.78 is 9.38. The summed E-state index contributed by atoms with van der Waals surface area (Å²) in [7, 11) is -10.1. The van der Waals surface area contributed by atoms with Crippen LogP contribution in [-0.2, 0) is 14.3 Å². The van der Waals surface area contributed by atoms with Gasteiger partial charge in [0.1, 0.15) is 12.7 Å². The van der Waals surface area contributed by atoms with Crippen molar-refractivity contribution in [2.24, 2.45) is 4.99 Å². The van der Waals surface area contributed by atoms with Gasteiger partial charge < -0.3 is 29.3 Å². The molecule has 0 aliphatic rings. The summed E-state index contributed by atoms with van der Waals surface area (Å²) in [6.07, 6.45) is -0.459. The van der Waals surface area contributed by atoms with E-state index in [1.807, 2.05) is 0 Å². The molecule has 1 unspecified atom stereocenters. The van der Waals surface area contributed by atoms with E-state index in [1.165, 1.54) is 6.92 Å². The number of ether oxygens (including phenoxy) is 2. The predicted molar refractivity (Wildman–Crippen MR) is 86.8 cm³/mol. The first-order chi connectivity index (χ1) is 11.9. The van der Waals surface area contributed by atoms with Gasteiger partial charge >= 0.3 is 65.1 Å². The molecule has 0 aliphatic heterocycles. The van der Waals surface area contributed by atoms with Crippen LogP contribution in [-0.4, -0.2) is 51.9 Å². The van der Waals surface area contributed by atoms with E-state index in [4.69, 9.17) is 19.4 Å². The summed E-state index contributed by atoms with van der Waals surface area (Å²) in [5, 5.41) is 9.14. The third kappa shape index (κ3) is 16.8. The Kier molecular flexibility index (Phi) is 20.2. The molecule has 0 aromatic heterocycles. The molecule has 0 aromatic rings. The summed E-state index contributed by atoms with van der Waals surface area (Å²) in [6.45, 7) is 4.63. The zero-order valence-corrected chi connectivity index (χ0v) is 22.1. The number of rotatable bonds is 12. The van der Waals surface area contributed by atoms with Crippen molar-refractivity contribution >= 4 is 27.9 Å². The van der Waals surface area contributed by atoms with Crippen molar-refractivity contribution in [1.82, 2.24) is 0 Å². The molecule has 1 atom stereocenters. The Bertz CT molecular complexity index is 483. The minimum atomic E-state index is -5.15. The van der Waals surface area contributed by atoms with Crippen LogP contribution in [0.2, 0.25) is 0 Å². The van der Waals surface area contributed by atoms with Crippen LogP contribution >= 0.6 is 15.9 Å². The van der Waals surface area contributed by atoms with Gasteiger partial charge in [-0.25, -0.2) is 14.6 Å². The molecule has 0 radical (unpaired) electrons. The van der Waals surface area contributed by atoms with Crippen molar-refractivity contribution in [1.29, 1.82) is 0 Å². The molecule has 0 aliphatic carbocycles. The molecule has 0 spiro atoms. The van der Waals surface area contributed by atoms with Crippen molar-refractivity contribution in [3.05, 3.63) is 12.2 Å². The largest absolute Gasteiger partial charge is 1.00 e. The predicted octanol–water partition coefficient (Wildman–Crippen LogP) is -8.68. The van der Waals surface area contributed by atoms with E-state index >= 15 is 0 Å². The first-order valence-corrected chi connectivity index (χ1v) is 10.9. The molecule has 0 amide bonds. The number of aliphatic imine (C=N–C) groups is 1. The molecule has 15 heteroatoms. The van der Waals surface area contributed by atoms with Crippen LogP contribution < -0.4 is 78.9 Å². The summed E-state index contributed by atoms with van der Waals surface area (Å²) in [4.78, 5) is 74.3. The number of hydrogen-bond donors (Lipinski definition) is 3. The van der Waals surface area contributed by atoms with Crippen LogP contribution in [0.3, 0.4) is 0 Å². The Morgan fingerprint density at radius 1 is 1.07 bits per heavy atom. The van der Waals surface area contributed by atoms with E-state index in [9.17, 15) is 24.6 Å². The standard InChI is InChI=1S/C13H25NO10P2.2Na/c1-10(2)12(15)23-8-9-24-13(16)14-7-5-3-4-6-11(25(17,18)19)26(20,21)22;;/h11H,1,3-9H2,2H3,(H,14,16)(H2,17,18,19)(H2,20,21,22);;/q;2*+1/p-2. The molecule has 0 rings (SSSR count). The minimum Gasteiger partial charge on any atom is -0.656 e. The van der Waals surface area contributed by atoms with Crippen LogP contribution in [0.1, 0.15) is 32.6 Å². The van der Waals surface area contributed by atoms with E-state index in [-0.39, 0.29) is 90.9 Å². The zero-order chi connectivity index (χ0) is 20.4. The molecule has 0 aromatic carbocycles. The van der Waals surface area contributed by atoms with Gasteiger partial charge in [-0.1, -0.05) is 13.0 Å². The molecule has 28 heavy (non-hydrogen) atoms. The molecule has 11 nitrogen and oxygen atoms in total. The van der Waals surface area contributed by atoms with Crippen LogP contribution in [0.25, 0.3) is 0 Å². The van der Waals surface area contributed by atoms with Crippen LogP contribution in [0.4, 0.5) is 0 Å². The van der Waals surface area contributed by atoms with Crippen molar-refractivity contribution in [3.63, 3.8) is 0 Å². The number of carbonyl (C=O) groups excluding carboxylic acids is 1. The Morgan fingerprint density at radius 2 is 1.61 bits per heavy atom. The number of carbonyl (C=O) groups is 1. The maximum Gasteiger partial charge on any atom is 1.00 e. The fourth-order valence-electron chi connectivity index (χ4n) is 1.74. The second-order valence-electron chi connectivity index (χ2n) is 5.40. The van der Waals surface area contributed by atoms with Crippen LogP contribution in [0.15, 0.2) is 17.1 Å². The fourth-order valence-corrected chi connectivity index (χ4v) is 4.29. The first-order valence-electron chi connectivity index (χ1n) is 7.61. The Morgan fingerprint density at radius 3 is 2.07 bits per heavy atom. The molecule has 0 saturated heterocycles. The molecule has 0 fully saturated rings. The van der Waals surface area contributed by atoms with Gasteiger partial charge in [0.05, 0.1) is 7.94 Å². The molecule has 152 valence electrons. The molecule has 3 N–H and O–H groups in total. The van der Waals surface area contributed by atoms with Gasteiger partial charge in [-0.05, 0) is 19.8 Å². The molecular weight excluding hydrogens is 438 g/mol. The van der Waals surface area contributed by atoms with E-state index in [1.54, 1.807) is 0 Å². The van der Waals surface area contributed by atoms with Gasteiger partial charge in [0, 0.05) is 25.1 Å². The number of nitrogens with zero attached hydrogens (tertiary/aromatic N) is 1. The second kappa shape index (κ2) is 16.8. The topological polar surface area (TPSA) is 201 Å². The molecule has 0 saturated carbocycles. The number of hydrogen-bond acceptors (Lipinski definition) is 11. The van der Waals surface area contributed by atoms with Gasteiger partial charge in [-0.2, -0.15) is 0 Å². The van der Waals surface area contributed by atoms with E-state index < -0.39 is 39.8 Å². The average molecular weight is 461 g/mol. The monoisotopic (exact) mass is 461 g/mol. The smallest absolute Gasteiger partial charge is 0.656 e. The van der Waals surface area contributed by atoms with E-state index in [0.717, 1.165) is 0 Å². The maximum atomic E-state index is 11.3. The Hall–Kier alpha value is 1.10. The second-order valence-corrected chi connectivity index (χ2v) is 9.36. The SMILES string of the molecule is C=C(C)C(=O)OCCOC([O-])=NCCCCCC([P+]([O-])([O-])O)[P+]([O-])(O)O.[Na+].[Na+]. The fraction of sp³-hybridized carbons (Fsp3) is 0.692. The minimum absolute atomic E-state index is 0. The third-order valence-electron chi connectivity index (χ3n) is 3.02. The Labute approximate surface area is 209 Å². The molecule has 0 bridgehead atoms. The maximum absolute atomic E-state index is 11.3. The van der Waals surface area contributed by atoms with E-state index in [2.05, 4.69) is 16.3 Å². The average Bonchev–Trinajstić information content (AvgIpc) is 2.47. The van der Waals surface area contributed by atoms with E-state index in [0.29, 0.717) is 12.8 Å². The van der Waals surface area contributed by atoms with Crippen LogP contribution in [0.5, 0.6) is 0 Å². The molecular formula is C13H23NNa2O10P2. The van der Waals surface area contributed by atoms with Crippen molar-refractivity contribution in [2.45, 2.75) is 38.0 Å². The van der Waals surface area contributed by atoms with Gasteiger partial charge in [-0.15, -0.1) is 0 Å². The van der Waals surface area contributed by atoms with Crippen molar-refractivity contribution in [2.75, 3.05) is 19.8 Å². The zero-order valence-electron chi connectivity index (χ0n) is 16.3. The third-order valence-corrected chi connectivity index (χ3v) is 6.84. The van der Waals surface area contributed by atoms with Crippen molar-refractivity contribution in [3.8, 4) is 0 Å². The number of esters is 1. The normalized spacial score (nSPS) is 13.0. The van der Waals surface area contributed by atoms with Gasteiger partial charge in [0.2, 0.25) is 5.40 Å².